The van der Waals surface area contributed by atoms with Crippen molar-refractivity contribution in [1.82, 2.24) is 4.90 Å². The van der Waals surface area contributed by atoms with Gasteiger partial charge in [-0.1, -0.05) is 0 Å². The minimum absolute atomic E-state index is 0.854. The van der Waals surface area contributed by atoms with E-state index in [0.29, 0.717) is 0 Å². The third-order valence-corrected chi connectivity index (χ3v) is 2.50. The average molecular weight is 145 g/mol. The van der Waals surface area contributed by atoms with Crippen LogP contribution < -0.4 is 0 Å². The number of rotatable bonds is 1. The van der Waals surface area contributed by atoms with Gasteiger partial charge >= 0.3 is 0 Å². The quantitative estimate of drug-likeness (QED) is 0.544. The fourth-order valence-corrected chi connectivity index (χ4v) is 1.72. The molecule has 0 aliphatic carbocycles. The summed E-state index contributed by atoms with van der Waals surface area (Å²) in [6, 6.07) is 0. The zero-order valence-electron chi connectivity index (χ0n) is 6.01. The highest BCUT2D eigenvalue weighted by atomic mass is 32.1. The predicted molar refractivity (Wildman–Crippen MR) is 44.1 cm³/mol. The van der Waals surface area contributed by atoms with Gasteiger partial charge in [-0.3, -0.25) is 0 Å². The van der Waals surface area contributed by atoms with E-state index in [1.165, 1.54) is 25.9 Å². The molecule has 0 spiro atoms. The third kappa shape index (κ3) is 2.18. The van der Waals surface area contributed by atoms with Crippen molar-refractivity contribution in [1.29, 1.82) is 0 Å². The molecule has 54 valence electrons. The second-order valence-electron chi connectivity index (χ2n) is 2.95. The van der Waals surface area contributed by atoms with Crippen LogP contribution in [0.1, 0.15) is 12.8 Å². The summed E-state index contributed by atoms with van der Waals surface area (Å²) in [4.78, 5) is 2.39. The Morgan fingerprint density at radius 1 is 1.67 bits per heavy atom. The van der Waals surface area contributed by atoms with Crippen LogP contribution in [0.3, 0.4) is 0 Å². The number of hydrogen-bond donors (Lipinski definition) is 1. The van der Waals surface area contributed by atoms with Crippen molar-refractivity contribution < 1.29 is 0 Å². The standard InChI is InChI=1S/C7H15NS/c1-8-4-2-3-7(5-8)6-9/h7,9H,2-6H2,1H3. The Bertz CT molecular complexity index is 85.0. The lowest BCUT2D eigenvalue weighted by Crippen LogP contribution is -2.32. The second kappa shape index (κ2) is 3.47. The Labute approximate surface area is 62.8 Å². The largest absolute Gasteiger partial charge is 0.306 e. The van der Waals surface area contributed by atoms with Gasteiger partial charge in [0.2, 0.25) is 0 Å². The van der Waals surface area contributed by atoms with E-state index >= 15 is 0 Å². The van der Waals surface area contributed by atoms with Gasteiger partial charge in [0.1, 0.15) is 0 Å². The number of likely N-dealkylation sites (tertiary alicyclic amines) is 1. The molecule has 0 saturated carbocycles. The van der Waals surface area contributed by atoms with Crippen molar-refractivity contribution >= 4 is 12.6 Å². The summed E-state index contributed by atoms with van der Waals surface area (Å²) in [7, 11) is 2.19. The molecule has 1 unspecified atom stereocenters. The highest BCUT2D eigenvalue weighted by Gasteiger charge is 2.14. The molecule has 0 aromatic heterocycles. The van der Waals surface area contributed by atoms with E-state index in [1.54, 1.807) is 0 Å². The molecule has 0 bridgehead atoms. The maximum Gasteiger partial charge on any atom is 0.00144 e. The molecule has 9 heavy (non-hydrogen) atoms. The number of nitrogens with zero attached hydrogens (tertiary/aromatic N) is 1. The Balaban J connectivity index is 2.23. The van der Waals surface area contributed by atoms with Gasteiger partial charge < -0.3 is 4.90 Å². The van der Waals surface area contributed by atoms with Gasteiger partial charge in [0.25, 0.3) is 0 Å². The van der Waals surface area contributed by atoms with E-state index in [2.05, 4.69) is 24.6 Å². The molecule has 2 heteroatoms. The van der Waals surface area contributed by atoms with Crippen LogP contribution in [-0.4, -0.2) is 30.8 Å². The fourth-order valence-electron chi connectivity index (χ4n) is 1.42. The fraction of sp³-hybridized carbons (Fsp3) is 1.00. The van der Waals surface area contributed by atoms with Crippen LogP contribution in [0.2, 0.25) is 0 Å². The van der Waals surface area contributed by atoms with Crippen molar-refractivity contribution in [3.05, 3.63) is 0 Å². The molecule has 0 radical (unpaired) electrons. The Hall–Kier alpha value is 0.310. The predicted octanol–water partition coefficient (Wildman–Crippen LogP) is 1.26. The smallest absolute Gasteiger partial charge is 0.00144 e. The van der Waals surface area contributed by atoms with Gasteiger partial charge in [-0.25, -0.2) is 0 Å². The minimum Gasteiger partial charge on any atom is -0.306 e. The second-order valence-corrected chi connectivity index (χ2v) is 3.32. The van der Waals surface area contributed by atoms with Crippen LogP contribution in [0, 0.1) is 5.92 Å². The molecule has 0 amide bonds. The molecule has 1 fully saturated rings. The average Bonchev–Trinajstić information content (AvgIpc) is 1.88. The first-order chi connectivity index (χ1) is 4.33. The molecular formula is C7H15NS. The SMILES string of the molecule is CN1CCCC(CS)C1. The summed E-state index contributed by atoms with van der Waals surface area (Å²) in [5.74, 6) is 1.91. The molecule has 1 nitrogen and oxygen atoms in total. The zero-order valence-corrected chi connectivity index (χ0v) is 6.90. The monoisotopic (exact) mass is 145 g/mol. The van der Waals surface area contributed by atoms with E-state index in [0.717, 1.165) is 11.7 Å². The van der Waals surface area contributed by atoms with Crippen LogP contribution in [0.5, 0.6) is 0 Å². The van der Waals surface area contributed by atoms with Gasteiger partial charge in [0.05, 0.1) is 0 Å². The van der Waals surface area contributed by atoms with E-state index < -0.39 is 0 Å². The first kappa shape index (κ1) is 7.42. The summed E-state index contributed by atoms with van der Waals surface area (Å²) in [5.41, 5.74) is 0. The highest BCUT2D eigenvalue weighted by Crippen LogP contribution is 2.15. The van der Waals surface area contributed by atoms with Crippen molar-refractivity contribution in [2.24, 2.45) is 5.92 Å². The molecular weight excluding hydrogens is 130 g/mol. The van der Waals surface area contributed by atoms with Crippen LogP contribution >= 0.6 is 12.6 Å². The highest BCUT2D eigenvalue weighted by molar-refractivity contribution is 7.80. The summed E-state index contributed by atoms with van der Waals surface area (Å²) in [5, 5.41) is 0. The molecule has 1 aliphatic rings. The zero-order chi connectivity index (χ0) is 6.69. The number of hydrogen-bond acceptors (Lipinski definition) is 2. The molecule has 0 aromatic carbocycles. The summed E-state index contributed by atoms with van der Waals surface area (Å²) in [6.45, 7) is 2.54. The van der Waals surface area contributed by atoms with E-state index in [-0.39, 0.29) is 0 Å². The molecule has 1 rings (SSSR count). The summed E-state index contributed by atoms with van der Waals surface area (Å²) < 4.78 is 0. The maximum atomic E-state index is 4.28. The molecule has 1 heterocycles. The summed E-state index contributed by atoms with van der Waals surface area (Å²) >= 11 is 4.28. The van der Waals surface area contributed by atoms with Crippen LogP contribution in [-0.2, 0) is 0 Å². The maximum absolute atomic E-state index is 4.28. The lowest BCUT2D eigenvalue weighted by Gasteiger charge is -2.28. The van der Waals surface area contributed by atoms with Gasteiger partial charge in [-0.05, 0) is 38.1 Å². The van der Waals surface area contributed by atoms with Crippen molar-refractivity contribution in [3.63, 3.8) is 0 Å². The van der Waals surface area contributed by atoms with Gasteiger partial charge in [-0.15, -0.1) is 0 Å². The number of piperidine rings is 1. The van der Waals surface area contributed by atoms with Crippen molar-refractivity contribution in [3.8, 4) is 0 Å². The normalized spacial score (nSPS) is 30.7. The molecule has 1 saturated heterocycles. The molecule has 0 aromatic rings. The van der Waals surface area contributed by atoms with Gasteiger partial charge in [0.15, 0.2) is 0 Å². The van der Waals surface area contributed by atoms with Crippen LogP contribution in [0.4, 0.5) is 0 Å². The molecule has 0 N–H and O–H groups in total. The van der Waals surface area contributed by atoms with Gasteiger partial charge in [0, 0.05) is 6.54 Å². The first-order valence-corrected chi connectivity index (χ1v) is 4.25. The minimum atomic E-state index is 0.854. The van der Waals surface area contributed by atoms with E-state index in [9.17, 15) is 0 Å². The number of thiol groups is 1. The van der Waals surface area contributed by atoms with Crippen molar-refractivity contribution in [2.75, 3.05) is 25.9 Å². The first-order valence-electron chi connectivity index (χ1n) is 3.62. The third-order valence-electron chi connectivity index (χ3n) is 1.98. The topological polar surface area (TPSA) is 3.24 Å². The lowest BCUT2D eigenvalue weighted by atomic mass is 10.0. The Morgan fingerprint density at radius 2 is 2.44 bits per heavy atom. The Kier molecular flexibility index (Phi) is 2.86. The Morgan fingerprint density at radius 3 is 2.89 bits per heavy atom. The lowest BCUT2D eigenvalue weighted by molar-refractivity contribution is 0.224. The van der Waals surface area contributed by atoms with E-state index in [1.807, 2.05) is 0 Å². The molecule has 1 atom stereocenters. The van der Waals surface area contributed by atoms with Crippen LogP contribution in [0.15, 0.2) is 0 Å². The van der Waals surface area contributed by atoms with Crippen LogP contribution in [0.25, 0.3) is 0 Å². The molecule has 1 aliphatic heterocycles. The van der Waals surface area contributed by atoms with Gasteiger partial charge in [-0.2, -0.15) is 12.6 Å². The van der Waals surface area contributed by atoms with Crippen molar-refractivity contribution in [2.45, 2.75) is 12.8 Å². The summed E-state index contributed by atoms with van der Waals surface area (Å²) in [6.07, 6.45) is 2.75. The van der Waals surface area contributed by atoms with E-state index in [4.69, 9.17) is 0 Å².